The fraction of sp³-hybridized carbons (Fsp3) is 0.364. The minimum atomic E-state index is -0.631. The number of hydrogen-bond donors (Lipinski definition) is 1. The predicted molar refractivity (Wildman–Crippen MR) is 119 cm³/mol. The molecule has 2 aromatic rings. The first-order chi connectivity index (χ1) is 13.8. The molecule has 0 fully saturated rings. The summed E-state index contributed by atoms with van der Waals surface area (Å²) in [5, 5.41) is 3.54. The second-order valence-electron chi connectivity index (χ2n) is 6.88. The van der Waals surface area contributed by atoms with Gasteiger partial charge in [0.25, 0.3) is 5.91 Å². The number of carbonyl (C=O) groups excluding carboxylic acids is 2. The number of ether oxygens (including phenoxy) is 1. The smallest absolute Gasteiger partial charge is 0.261 e. The van der Waals surface area contributed by atoms with Crippen molar-refractivity contribution >= 4 is 39.3 Å². The normalized spacial score (nSPS) is 12.7. The number of halogens is 2. The Morgan fingerprint density at radius 2 is 1.72 bits per heavy atom. The highest BCUT2D eigenvalue weighted by atomic mass is 79.9. The number of amides is 2. The first kappa shape index (κ1) is 23.2. The van der Waals surface area contributed by atoms with E-state index in [0.717, 1.165) is 16.5 Å². The fourth-order valence-electron chi connectivity index (χ4n) is 2.59. The zero-order valence-electron chi connectivity index (χ0n) is 16.8. The van der Waals surface area contributed by atoms with E-state index in [9.17, 15) is 9.59 Å². The summed E-state index contributed by atoms with van der Waals surface area (Å²) in [4.78, 5) is 27.1. The molecule has 0 radical (unpaired) electrons. The van der Waals surface area contributed by atoms with Gasteiger partial charge in [-0.25, -0.2) is 0 Å². The van der Waals surface area contributed by atoms with E-state index in [1.165, 1.54) is 4.90 Å². The summed E-state index contributed by atoms with van der Waals surface area (Å²) in [5.41, 5.74) is 0.927. The second-order valence-corrected chi connectivity index (χ2v) is 8.24. The molecular weight excluding hydrogens is 456 g/mol. The summed E-state index contributed by atoms with van der Waals surface area (Å²) in [5.74, 6) is 0.0917. The van der Waals surface area contributed by atoms with Crippen molar-refractivity contribution in [2.45, 2.75) is 45.8 Å². The quantitative estimate of drug-likeness (QED) is 0.559. The van der Waals surface area contributed by atoms with Crippen LogP contribution >= 0.6 is 27.5 Å². The molecule has 0 saturated carbocycles. The third-order valence-corrected chi connectivity index (χ3v) is 5.39. The van der Waals surface area contributed by atoms with Gasteiger partial charge in [0.1, 0.15) is 11.8 Å². The molecule has 0 heterocycles. The Morgan fingerprint density at radius 1 is 1.10 bits per heavy atom. The molecule has 5 nitrogen and oxygen atoms in total. The molecule has 2 aromatic carbocycles. The van der Waals surface area contributed by atoms with Crippen LogP contribution in [0.2, 0.25) is 5.02 Å². The molecule has 0 aliphatic rings. The van der Waals surface area contributed by atoms with E-state index in [4.69, 9.17) is 16.3 Å². The number of rotatable bonds is 9. The summed E-state index contributed by atoms with van der Waals surface area (Å²) in [6.45, 7) is 5.82. The van der Waals surface area contributed by atoms with Gasteiger partial charge in [-0.3, -0.25) is 9.59 Å². The second kappa shape index (κ2) is 11.2. The molecule has 0 aliphatic heterocycles. The number of hydrogen-bond acceptors (Lipinski definition) is 3. The molecule has 7 heteroatoms. The fourth-order valence-corrected chi connectivity index (χ4v) is 2.98. The highest BCUT2D eigenvalue weighted by Gasteiger charge is 2.27. The Labute approximate surface area is 185 Å². The maximum absolute atomic E-state index is 12.9. The van der Waals surface area contributed by atoms with Crippen LogP contribution in [0.4, 0.5) is 0 Å². The minimum Gasteiger partial charge on any atom is -0.484 e. The molecule has 2 atom stereocenters. The van der Waals surface area contributed by atoms with Crippen molar-refractivity contribution in [3.8, 4) is 5.75 Å². The van der Waals surface area contributed by atoms with Gasteiger partial charge in [-0.1, -0.05) is 46.6 Å². The zero-order valence-corrected chi connectivity index (χ0v) is 19.2. The number of nitrogens with one attached hydrogen (secondary N) is 1. The van der Waals surface area contributed by atoms with E-state index in [-0.39, 0.29) is 24.5 Å². The van der Waals surface area contributed by atoms with Crippen molar-refractivity contribution in [3.63, 3.8) is 0 Å². The Kier molecular flexibility index (Phi) is 8.99. The Hall–Kier alpha value is -2.05. The summed E-state index contributed by atoms with van der Waals surface area (Å²) < 4.78 is 6.56. The van der Waals surface area contributed by atoms with Crippen LogP contribution in [0.15, 0.2) is 53.0 Å². The average Bonchev–Trinajstić information content (AvgIpc) is 2.72. The molecule has 0 unspecified atom stereocenters. The van der Waals surface area contributed by atoms with Crippen LogP contribution in [-0.2, 0) is 16.1 Å². The van der Waals surface area contributed by atoms with Gasteiger partial charge in [0.05, 0.1) is 0 Å². The molecule has 2 rings (SSSR count). The van der Waals surface area contributed by atoms with Crippen molar-refractivity contribution in [2.24, 2.45) is 0 Å². The monoisotopic (exact) mass is 480 g/mol. The molecule has 29 heavy (non-hydrogen) atoms. The van der Waals surface area contributed by atoms with E-state index in [2.05, 4.69) is 21.2 Å². The highest BCUT2D eigenvalue weighted by molar-refractivity contribution is 9.10. The van der Waals surface area contributed by atoms with Gasteiger partial charge in [0.2, 0.25) is 5.91 Å². The van der Waals surface area contributed by atoms with Crippen LogP contribution in [0.5, 0.6) is 5.75 Å². The lowest BCUT2D eigenvalue weighted by Crippen LogP contribution is -2.50. The largest absolute Gasteiger partial charge is 0.484 e. The summed E-state index contributed by atoms with van der Waals surface area (Å²) in [6, 6.07) is 13.9. The van der Waals surface area contributed by atoms with Crippen LogP contribution in [-0.4, -0.2) is 35.4 Å². The van der Waals surface area contributed by atoms with Crippen LogP contribution in [0.1, 0.15) is 32.8 Å². The standard InChI is InChI=1S/C22H26BrClN2O3/c1-4-15(2)25-22(28)16(3)26(13-17-5-7-18(23)8-6-17)21(27)14-29-20-11-9-19(24)10-12-20/h5-12,15-16H,4,13-14H2,1-3H3,(H,25,28)/t15-,16-/m0/s1. The lowest BCUT2D eigenvalue weighted by Gasteiger charge is -2.29. The molecule has 2 amide bonds. The van der Waals surface area contributed by atoms with Crippen LogP contribution in [0, 0.1) is 0 Å². The third-order valence-electron chi connectivity index (χ3n) is 4.61. The van der Waals surface area contributed by atoms with Crippen molar-refractivity contribution < 1.29 is 14.3 Å². The Bertz CT molecular complexity index is 812. The molecular formula is C22H26BrClN2O3. The van der Waals surface area contributed by atoms with Crippen molar-refractivity contribution in [2.75, 3.05) is 6.61 Å². The van der Waals surface area contributed by atoms with E-state index < -0.39 is 6.04 Å². The highest BCUT2D eigenvalue weighted by Crippen LogP contribution is 2.17. The van der Waals surface area contributed by atoms with Gasteiger partial charge in [0, 0.05) is 22.1 Å². The summed E-state index contributed by atoms with van der Waals surface area (Å²) >= 11 is 9.29. The number of carbonyl (C=O) groups is 2. The Balaban J connectivity index is 2.13. The van der Waals surface area contributed by atoms with E-state index in [0.29, 0.717) is 17.3 Å². The van der Waals surface area contributed by atoms with Crippen LogP contribution < -0.4 is 10.1 Å². The SMILES string of the molecule is CC[C@H](C)NC(=O)[C@H](C)N(Cc1ccc(Br)cc1)C(=O)COc1ccc(Cl)cc1. The van der Waals surface area contributed by atoms with Crippen molar-refractivity contribution in [1.82, 2.24) is 10.2 Å². The number of nitrogens with zero attached hydrogens (tertiary/aromatic N) is 1. The minimum absolute atomic E-state index is 0.0416. The molecule has 1 N–H and O–H groups in total. The van der Waals surface area contributed by atoms with Crippen LogP contribution in [0.3, 0.4) is 0 Å². The topological polar surface area (TPSA) is 58.6 Å². The van der Waals surface area contributed by atoms with E-state index >= 15 is 0 Å². The van der Waals surface area contributed by atoms with Crippen molar-refractivity contribution in [1.29, 1.82) is 0 Å². The van der Waals surface area contributed by atoms with Gasteiger partial charge in [-0.2, -0.15) is 0 Å². The maximum atomic E-state index is 12.9. The van der Waals surface area contributed by atoms with Crippen molar-refractivity contribution in [3.05, 3.63) is 63.6 Å². The first-order valence-corrected chi connectivity index (χ1v) is 10.7. The molecule has 0 aliphatic carbocycles. The molecule has 0 saturated heterocycles. The van der Waals surface area contributed by atoms with Gasteiger partial charge < -0.3 is 15.0 Å². The Morgan fingerprint density at radius 3 is 2.31 bits per heavy atom. The van der Waals surface area contributed by atoms with Crippen LogP contribution in [0.25, 0.3) is 0 Å². The lowest BCUT2D eigenvalue weighted by molar-refractivity contribution is -0.142. The third kappa shape index (κ3) is 7.37. The maximum Gasteiger partial charge on any atom is 0.261 e. The number of benzene rings is 2. The molecule has 156 valence electrons. The molecule has 0 bridgehead atoms. The van der Waals surface area contributed by atoms with Gasteiger partial charge in [0.15, 0.2) is 6.61 Å². The predicted octanol–water partition coefficient (Wildman–Crippen LogP) is 4.81. The summed E-state index contributed by atoms with van der Waals surface area (Å²) in [6.07, 6.45) is 0.818. The molecule has 0 aromatic heterocycles. The zero-order chi connectivity index (χ0) is 21.4. The average molecular weight is 482 g/mol. The summed E-state index contributed by atoms with van der Waals surface area (Å²) in [7, 11) is 0. The van der Waals surface area contributed by atoms with Gasteiger partial charge in [-0.15, -0.1) is 0 Å². The lowest BCUT2D eigenvalue weighted by atomic mass is 10.1. The van der Waals surface area contributed by atoms with E-state index in [1.807, 2.05) is 38.1 Å². The van der Waals surface area contributed by atoms with Gasteiger partial charge in [-0.05, 0) is 62.2 Å². The van der Waals surface area contributed by atoms with Gasteiger partial charge >= 0.3 is 0 Å². The molecule has 0 spiro atoms. The first-order valence-electron chi connectivity index (χ1n) is 9.52. The van der Waals surface area contributed by atoms with E-state index in [1.54, 1.807) is 31.2 Å².